The number of hydrogen-bond acceptors (Lipinski definition) is 3. The molecule has 0 aliphatic carbocycles. The van der Waals surface area contributed by atoms with Crippen molar-refractivity contribution in [3.8, 4) is 0 Å². The summed E-state index contributed by atoms with van der Waals surface area (Å²) in [7, 11) is 3.29. The first kappa shape index (κ1) is 18.0. The summed E-state index contributed by atoms with van der Waals surface area (Å²) in [6.45, 7) is 3.30. The molecule has 0 saturated carbocycles. The van der Waals surface area contributed by atoms with E-state index in [1.807, 2.05) is 6.92 Å². The Morgan fingerprint density at radius 1 is 1.48 bits per heavy atom. The maximum atomic E-state index is 12.3. The van der Waals surface area contributed by atoms with Gasteiger partial charge in [-0.25, -0.2) is 0 Å². The van der Waals surface area contributed by atoms with Gasteiger partial charge in [-0.2, -0.15) is 13.2 Å². The van der Waals surface area contributed by atoms with E-state index in [9.17, 15) is 13.2 Å². The number of hydrogen-bond donors (Lipinski definition) is 2. The van der Waals surface area contributed by atoms with Gasteiger partial charge in [0, 0.05) is 33.3 Å². The average Bonchev–Trinajstić information content (AvgIpc) is 2.80. The van der Waals surface area contributed by atoms with E-state index in [-0.39, 0.29) is 12.0 Å². The van der Waals surface area contributed by atoms with Crippen LogP contribution in [0.5, 0.6) is 0 Å². The highest BCUT2D eigenvalue weighted by molar-refractivity contribution is 5.79. The summed E-state index contributed by atoms with van der Waals surface area (Å²) >= 11 is 0. The van der Waals surface area contributed by atoms with Crippen LogP contribution >= 0.6 is 0 Å². The van der Waals surface area contributed by atoms with Crippen molar-refractivity contribution in [3.05, 3.63) is 0 Å². The van der Waals surface area contributed by atoms with E-state index in [0.29, 0.717) is 32.2 Å². The molecule has 0 aromatic rings. The summed E-state index contributed by atoms with van der Waals surface area (Å²) in [6, 6.07) is 0.117. The van der Waals surface area contributed by atoms with Crippen LogP contribution in [-0.2, 0) is 4.74 Å². The molecule has 1 fully saturated rings. The molecule has 2 atom stereocenters. The van der Waals surface area contributed by atoms with Crippen LogP contribution < -0.4 is 10.6 Å². The van der Waals surface area contributed by atoms with Gasteiger partial charge >= 0.3 is 6.18 Å². The van der Waals surface area contributed by atoms with Crippen LogP contribution in [0.4, 0.5) is 13.2 Å². The third-order valence-electron chi connectivity index (χ3n) is 3.35. The van der Waals surface area contributed by atoms with Crippen molar-refractivity contribution < 1.29 is 17.9 Å². The molecule has 8 heteroatoms. The Kier molecular flexibility index (Phi) is 7.24. The Labute approximate surface area is 123 Å². The molecule has 1 saturated heterocycles. The molecular formula is C13H25F3N4O. The highest BCUT2D eigenvalue weighted by Crippen LogP contribution is 2.22. The van der Waals surface area contributed by atoms with Gasteiger partial charge in [0.2, 0.25) is 0 Å². The van der Waals surface area contributed by atoms with Crippen molar-refractivity contribution in [2.24, 2.45) is 10.9 Å². The number of likely N-dealkylation sites (tertiary alicyclic amines) is 1. The predicted molar refractivity (Wildman–Crippen MR) is 76.4 cm³/mol. The van der Waals surface area contributed by atoms with E-state index in [1.54, 1.807) is 14.2 Å². The number of ether oxygens (including phenoxy) is 1. The van der Waals surface area contributed by atoms with E-state index >= 15 is 0 Å². The molecule has 1 aliphatic heterocycles. The number of guanidine groups is 1. The van der Waals surface area contributed by atoms with Gasteiger partial charge in [0.05, 0.1) is 13.2 Å². The maximum absolute atomic E-state index is 12.3. The van der Waals surface area contributed by atoms with E-state index in [1.165, 1.54) is 4.90 Å². The van der Waals surface area contributed by atoms with Crippen molar-refractivity contribution in [1.82, 2.24) is 15.5 Å². The number of aliphatic imine (C=N–C) groups is 1. The van der Waals surface area contributed by atoms with Gasteiger partial charge in [0.1, 0.15) is 0 Å². The summed E-state index contributed by atoms with van der Waals surface area (Å²) in [6.07, 6.45) is -3.34. The first-order valence-electron chi connectivity index (χ1n) is 7.09. The molecule has 2 N–H and O–H groups in total. The molecule has 0 aromatic heterocycles. The zero-order valence-corrected chi connectivity index (χ0v) is 12.8. The van der Waals surface area contributed by atoms with Crippen molar-refractivity contribution >= 4 is 5.96 Å². The van der Waals surface area contributed by atoms with Crippen LogP contribution in [0.2, 0.25) is 0 Å². The smallest absolute Gasteiger partial charge is 0.383 e. The maximum Gasteiger partial charge on any atom is 0.401 e. The van der Waals surface area contributed by atoms with Gasteiger partial charge in [-0.05, 0) is 25.8 Å². The Morgan fingerprint density at radius 2 is 2.19 bits per heavy atom. The number of alkyl halides is 3. The number of halogens is 3. The minimum atomic E-state index is -4.12. The van der Waals surface area contributed by atoms with Crippen LogP contribution in [-0.4, -0.2) is 70.0 Å². The van der Waals surface area contributed by atoms with E-state index in [0.717, 1.165) is 6.42 Å². The van der Waals surface area contributed by atoms with Gasteiger partial charge in [-0.1, -0.05) is 0 Å². The SMILES string of the molecule is CN=C(NCC1CCN(CC(F)(F)F)C1)NC(C)COC. The minimum Gasteiger partial charge on any atom is -0.383 e. The molecule has 0 bridgehead atoms. The van der Waals surface area contributed by atoms with E-state index < -0.39 is 12.7 Å². The van der Waals surface area contributed by atoms with Gasteiger partial charge in [-0.15, -0.1) is 0 Å². The first-order chi connectivity index (χ1) is 9.84. The Bertz CT molecular complexity index is 336. The van der Waals surface area contributed by atoms with Crippen molar-refractivity contribution in [3.63, 3.8) is 0 Å². The lowest BCUT2D eigenvalue weighted by molar-refractivity contribution is -0.143. The summed E-state index contributed by atoms with van der Waals surface area (Å²) in [5.41, 5.74) is 0. The second kappa shape index (κ2) is 8.43. The fourth-order valence-electron chi connectivity index (χ4n) is 2.44. The molecule has 2 unspecified atom stereocenters. The van der Waals surface area contributed by atoms with E-state index in [4.69, 9.17) is 4.74 Å². The standard InChI is InChI=1S/C13H25F3N4O/c1-10(8-21-3)19-12(17-2)18-6-11-4-5-20(7-11)9-13(14,15)16/h10-11H,4-9H2,1-3H3,(H2,17,18,19). The Hall–Kier alpha value is -1.02. The first-order valence-corrected chi connectivity index (χ1v) is 7.09. The molecule has 124 valence electrons. The topological polar surface area (TPSA) is 48.9 Å². The summed E-state index contributed by atoms with van der Waals surface area (Å²) in [4.78, 5) is 5.55. The molecule has 0 aromatic carbocycles. The zero-order valence-electron chi connectivity index (χ0n) is 12.8. The molecule has 1 aliphatic rings. The average molecular weight is 310 g/mol. The summed E-state index contributed by atoms with van der Waals surface area (Å²) in [5.74, 6) is 0.859. The second-order valence-corrected chi connectivity index (χ2v) is 5.46. The number of nitrogens with one attached hydrogen (secondary N) is 2. The van der Waals surface area contributed by atoms with E-state index in [2.05, 4.69) is 15.6 Å². The molecule has 1 rings (SSSR count). The Morgan fingerprint density at radius 3 is 2.76 bits per heavy atom. The number of nitrogens with zero attached hydrogens (tertiary/aromatic N) is 2. The molecule has 0 amide bonds. The largest absolute Gasteiger partial charge is 0.401 e. The molecule has 0 spiro atoms. The molecule has 1 heterocycles. The minimum absolute atomic E-state index is 0.117. The monoisotopic (exact) mass is 310 g/mol. The summed E-state index contributed by atoms with van der Waals surface area (Å²) < 4.78 is 42.0. The normalized spacial score (nSPS) is 22.4. The van der Waals surface area contributed by atoms with Gasteiger partial charge in [0.15, 0.2) is 5.96 Å². The predicted octanol–water partition coefficient (Wildman–Crippen LogP) is 1.07. The van der Waals surface area contributed by atoms with Crippen molar-refractivity contribution in [2.45, 2.75) is 25.6 Å². The van der Waals surface area contributed by atoms with Crippen LogP contribution in [0.1, 0.15) is 13.3 Å². The number of methoxy groups -OCH3 is 1. The Balaban J connectivity index is 2.28. The lowest BCUT2D eigenvalue weighted by atomic mass is 10.1. The van der Waals surface area contributed by atoms with Crippen molar-refractivity contribution in [2.75, 3.05) is 46.9 Å². The molecule has 21 heavy (non-hydrogen) atoms. The van der Waals surface area contributed by atoms with Gasteiger partial charge in [-0.3, -0.25) is 9.89 Å². The molecule has 5 nitrogen and oxygen atoms in total. The van der Waals surface area contributed by atoms with Gasteiger partial charge < -0.3 is 15.4 Å². The van der Waals surface area contributed by atoms with Crippen LogP contribution in [0.3, 0.4) is 0 Å². The van der Waals surface area contributed by atoms with Crippen LogP contribution in [0, 0.1) is 5.92 Å². The van der Waals surface area contributed by atoms with Crippen LogP contribution in [0.15, 0.2) is 4.99 Å². The molecular weight excluding hydrogens is 285 g/mol. The zero-order chi connectivity index (χ0) is 15.9. The molecule has 0 radical (unpaired) electrons. The fourth-order valence-corrected chi connectivity index (χ4v) is 2.44. The lowest BCUT2D eigenvalue weighted by Gasteiger charge is -2.20. The third-order valence-corrected chi connectivity index (χ3v) is 3.35. The highest BCUT2D eigenvalue weighted by Gasteiger charge is 2.34. The third kappa shape index (κ3) is 7.52. The number of rotatable bonds is 6. The highest BCUT2D eigenvalue weighted by atomic mass is 19.4. The van der Waals surface area contributed by atoms with Gasteiger partial charge in [0.25, 0.3) is 0 Å². The van der Waals surface area contributed by atoms with Crippen molar-refractivity contribution in [1.29, 1.82) is 0 Å². The lowest BCUT2D eigenvalue weighted by Crippen LogP contribution is -2.45. The summed E-state index contributed by atoms with van der Waals surface area (Å²) in [5, 5.41) is 6.32. The van der Waals surface area contributed by atoms with Crippen LogP contribution in [0.25, 0.3) is 0 Å². The second-order valence-electron chi connectivity index (χ2n) is 5.46. The fraction of sp³-hybridized carbons (Fsp3) is 0.923. The quantitative estimate of drug-likeness (QED) is 0.569.